The van der Waals surface area contributed by atoms with E-state index in [4.69, 9.17) is 0 Å². The van der Waals surface area contributed by atoms with E-state index in [2.05, 4.69) is 19.8 Å². The van der Waals surface area contributed by atoms with E-state index < -0.39 is 6.36 Å². The summed E-state index contributed by atoms with van der Waals surface area (Å²) < 4.78 is 42.5. The maximum atomic E-state index is 12.3. The fourth-order valence-electron chi connectivity index (χ4n) is 2.63. The fraction of sp³-hybridized carbons (Fsp3) is 0.118. The van der Waals surface area contributed by atoms with Gasteiger partial charge < -0.3 is 4.74 Å². The highest BCUT2D eigenvalue weighted by atomic mass is 19.4. The van der Waals surface area contributed by atoms with Crippen molar-refractivity contribution in [2.45, 2.75) is 12.8 Å². The summed E-state index contributed by atoms with van der Waals surface area (Å²) in [6.45, 7) is 0. The Morgan fingerprint density at radius 1 is 1.04 bits per heavy atom. The summed E-state index contributed by atoms with van der Waals surface area (Å²) in [7, 11) is 0. The number of alkyl halides is 3. The minimum Gasteiger partial charge on any atom is -0.406 e. The number of hydrogen-bond donors (Lipinski definition) is 0. The fourth-order valence-corrected chi connectivity index (χ4v) is 2.63. The quantitative estimate of drug-likeness (QED) is 0.568. The summed E-state index contributed by atoms with van der Waals surface area (Å²) in [5.41, 5.74) is 2.08. The zero-order valence-corrected chi connectivity index (χ0v) is 12.7. The summed E-state index contributed by atoms with van der Waals surface area (Å²) in [5.74, 6) is 0.225. The van der Waals surface area contributed by atoms with E-state index in [0.29, 0.717) is 17.0 Å². The Hall–Kier alpha value is -3.16. The van der Waals surface area contributed by atoms with Crippen LogP contribution in [0.25, 0.3) is 16.6 Å². The first kappa shape index (κ1) is 15.4. The van der Waals surface area contributed by atoms with Gasteiger partial charge in [-0.3, -0.25) is 0 Å². The molecule has 0 amide bonds. The number of rotatable bonds is 3. The van der Waals surface area contributed by atoms with Gasteiger partial charge in [0.1, 0.15) is 12.1 Å². The number of para-hydroxylation sites is 1. The Balaban J connectivity index is 1.67. The molecule has 0 radical (unpaired) electrons. The van der Waals surface area contributed by atoms with Crippen LogP contribution in [-0.4, -0.2) is 25.9 Å². The molecule has 0 aliphatic carbocycles. The predicted molar refractivity (Wildman–Crippen MR) is 84.2 cm³/mol. The van der Waals surface area contributed by atoms with Gasteiger partial charge in [-0.25, -0.2) is 14.5 Å². The van der Waals surface area contributed by atoms with Gasteiger partial charge in [0.2, 0.25) is 0 Å². The molecule has 2 aromatic heterocycles. The second-order valence-corrected chi connectivity index (χ2v) is 5.43. The van der Waals surface area contributed by atoms with Crippen molar-refractivity contribution in [3.05, 3.63) is 66.2 Å². The number of hydrogen-bond acceptors (Lipinski definition) is 4. The molecule has 126 valence electrons. The summed E-state index contributed by atoms with van der Waals surface area (Å²) in [6, 6.07) is 13.3. The monoisotopic (exact) mass is 344 g/mol. The van der Waals surface area contributed by atoms with E-state index >= 15 is 0 Å². The smallest absolute Gasteiger partial charge is 0.406 e. The average Bonchev–Trinajstić information content (AvgIpc) is 2.96. The molecule has 2 aromatic carbocycles. The van der Waals surface area contributed by atoms with Gasteiger partial charge in [-0.05, 0) is 29.8 Å². The highest BCUT2D eigenvalue weighted by Crippen LogP contribution is 2.24. The first-order chi connectivity index (χ1) is 12.0. The highest BCUT2D eigenvalue weighted by molar-refractivity contribution is 5.90. The van der Waals surface area contributed by atoms with Crippen LogP contribution in [0.1, 0.15) is 11.4 Å². The molecule has 0 saturated carbocycles. The minimum absolute atomic E-state index is 0.263. The molecule has 0 N–H and O–H groups in total. The third kappa shape index (κ3) is 3.23. The van der Waals surface area contributed by atoms with Crippen molar-refractivity contribution in [1.82, 2.24) is 19.6 Å². The summed E-state index contributed by atoms with van der Waals surface area (Å²) in [5, 5.41) is 5.20. The molecule has 0 aliphatic rings. The van der Waals surface area contributed by atoms with E-state index in [1.54, 1.807) is 16.9 Å². The van der Waals surface area contributed by atoms with Crippen LogP contribution in [-0.2, 0) is 6.42 Å². The Labute approximate surface area is 139 Å². The van der Waals surface area contributed by atoms with Crippen molar-refractivity contribution in [3.8, 4) is 5.75 Å². The first-order valence-corrected chi connectivity index (χ1v) is 7.42. The van der Waals surface area contributed by atoms with Gasteiger partial charge in [-0.15, -0.1) is 18.3 Å². The van der Waals surface area contributed by atoms with Crippen LogP contribution in [0.4, 0.5) is 13.2 Å². The number of halogens is 3. The lowest BCUT2D eigenvalue weighted by Crippen LogP contribution is -2.17. The van der Waals surface area contributed by atoms with Crippen LogP contribution in [0.15, 0.2) is 54.9 Å². The molecule has 0 aliphatic heterocycles. The van der Waals surface area contributed by atoms with Crippen molar-refractivity contribution in [3.63, 3.8) is 0 Å². The van der Waals surface area contributed by atoms with Crippen molar-refractivity contribution >= 4 is 16.6 Å². The second-order valence-electron chi connectivity index (χ2n) is 5.43. The van der Waals surface area contributed by atoms with Gasteiger partial charge >= 0.3 is 6.36 Å². The van der Waals surface area contributed by atoms with E-state index in [9.17, 15) is 13.2 Å². The van der Waals surface area contributed by atoms with Gasteiger partial charge in [0.25, 0.3) is 0 Å². The lowest BCUT2D eigenvalue weighted by molar-refractivity contribution is -0.274. The third-order valence-corrected chi connectivity index (χ3v) is 3.62. The molecule has 0 fully saturated rings. The Bertz CT molecular complexity index is 1060. The van der Waals surface area contributed by atoms with E-state index in [-0.39, 0.29) is 12.2 Å². The summed E-state index contributed by atoms with van der Waals surface area (Å²) in [6.07, 6.45) is -2.87. The van der Waals surface area contributed by atoms with Crippen LogP contribution in [0.5, 0.6) is 5.75 Å². The molecule has 0 saturated heterocycles. The van der Waals surface area contributed by atoms with Gasteiger partial charge in [0.05, 0.1) is 5.52 Å². The normalized spacial score (nSPS) is 12.0. The Kier molecular flexibility index (Phi) is 3.52. The van der Waals surface area contributed by atoms with Gasteiger partial charge in [-0.1, -0.05) is 24.3 Å². The molecule has 4 rings (SSSR count). The maximum Gasteiger partial charge on any atom is 0.573 e. The molecule has 0 spiro atoms. The molecule has 8 heteroatoms. The standard InChI is InChI=1S/C17H11F3N4O/c18-17(19,20)25-12-5-3-4-11(8-12)9-15-22-16-13-6-1-2-7-14(13)21-10-24(16)23-15/h1-8,10H,9H2. The van der Waals surface area contributed by atoms with Crippen LogP contribution in [0, 0.1) is 0 Å². The Morgan fingerprint density at radius 2 is 1.88 bits per heavy atom. The van der Waals surface area contributed by atoms with E-state index in [1.165, 1.54) is 18.2 Å². The van der Waals surface area contributed by atoms with E-state index in [0.717, 1.165) is 10.9 Å². The van der Waals surface area contributed by atoms with Crippen molar-refractivity contribution in [2.24, 2.45) is 0 Å². The number of fused-ring (bicyclic) bond motifs is 3. The lowest BCUT2D eigenvalue weighted by Gasteiger charge is -2.09. The first-order valence-electron chi connectivity index (χ1n) is 7.42. The van der Waals surface area contributed by atoms with Gasteiger partial charge in [0.15, 0.2) is 11.5 Å². The number of ether oxygens (including phenoxy) is 1. The van der Waals surface area contributed by atoms with Gasteiger partial charge in [0, 0.05) is 11.8 Å². The van der Waals surface area contributed by atoms with Crippen molar-refractivity contribution < 1.29 is 17.9 Å². The van der Waals surface area contributed by atoms with Crippen LogP contribution in [0.2, 0.25) is 0 Å². The largest absolute Gasteiger partial charge is 0.573 e. The lowest BCUT2D eigenvalue weighted by atomic mass is 10.1. The molecular weight excluding hydrogens is 333 g/mol. The van der Waals surface area contributed by atoms with Crippen LogP contribution < -0.4 is 4.74 Å². The summed E-state index contributed by atoms with van der Waals surface area (Å²) >= 11 is 0. The van der Waals surface area contributed by atoms with Crippen LogP contribution in [0.3, 0.4) is 0 Å². The predicted octanol–water partition coefficient (Wildman–Crippen LogP) is 3.77. The molecule has 5 nitrogen and oxygen atoms in total. The third-order valence-electron chi connectivity index (χ3n) is 3.62. The molecule has 0 unspecified atom stereocenters. The van der Waals surface area contributed by atoms with E-state index in [1.807, 2.05) is 24.3 Å². The molecule has 25 heavy (non-hydrogen) atoms. The zero-order chi connectivity index (χ0) is 17.4. The Morgan fingerprint density at radius 3 is 2.72 bits per heavy atom. The molecule has 2 heterocycles. The SMILES string of the molecule is FC(F)(F)Oc1cccc(Cc2nc3c4ccccc4ncn3n2)c1. The molecule has 4 aromatic rings. The second kappa shape index (κ2) is 5.73. The van der Waals surface area contributed by atoms with Crippen molar-refractivity contribution in [2.75, 3.05) is 0 Å². The van der Waals surface area contributed by atoms with Crippen LogP contribution >= 0.6 is 0 Å². The molecule has 0 atom stereocenters. The summed E-state index contributed by atoms with van der Waals surface area (Å²) in [4.78, 5) is 8.79. The maximum absolute atomic E-state index is 12.3. The topological polar surface area (TPSA) is 52.3 Å². The van der Waals surface area contributed by atoms with Crippen molar-refractivity contribution in [1.29, 1.82) is 0 Å². The molecular formula is C17H11F3N4O. The molecule has 0 bridgehead atoms. The zero-order valence-electron chi connectivity index (χ0n) is 12.7. The highest BCUT2D eigenvalue weighted by Gasteiger charge is 2.31. The number of benzene rings is 2. The van der Waals surface area contributed by atoms with Gasteiger partial charge in [-0.2, -0.15) is 0 Å². The average molecular weight is 344 g/mol. The number of aromatic nitrogens is 4. The number of nitrogens with zero attached hydrogens (tertiary/aromatic N) is 4. The minimum atomic E-state index is -4.72.